The molecule has 0 aliphatic carbocycles. The summed E-state index contributed by atoms with van der Waals surface area (Å²) in [6, 6.07) is 16.7. The van der Waals surface area contributed by atoms with Gasteiger partial charge in [-0.15, -0.1) is 17.0 Å². The first kappa shape index (κ1) is 14.7. The first-order chi connectivity index (χ1) is 4.97. The Balaban J connectivity index is 0. The molecule has 0 aliphatic rings. The number of fused-ring (bicyclic) bond motifs is 1. The molecule has 0 fully saturated rings. The summed E-state index contributed by atoms with van der Waals surface area (Å²) in [6.45, 7) is 0. The summed E-state index contributed by atoms with van der Waals surface area (Å²) in [5.41, 5.74) is 0. The van der Waals surface area contributed by atoms with Gasteiger partial charge in [-0.25, -0.2) is 0 Å². The third kappa shape index (κ3) is 3.21. The highest BCUT2D eigenvalue weighted by molar-refractivity contribution is 8.93. The van der Waals surface area contributed by atoms with E-state index in [9.17, 15) is 0 Å². The maximum atomic E-state index is 2.12. The van der Waals surface area contributed by atoms with E-state index in [4.69, 9.17) is 0 Å². The van der Waals surface area contributed by atoms with Crippen molar-refractivity contribution >= 4 is 36.2 Å². The molecule has 1 nitrogen and oxygen atoms in total. The molecule has 2 aromatic carbocycles. The van der Waals surface area contributed by atoms with Gasteiger partial charge < -0.3 is 6.15 Å². The Hall–Kier alpha value is -0.795. The highest BCUT2D eigenvalue weighted by atomic mass is 79.9. The molecule has 0 aliphatic heterocycles. The van der Waals surface area contributed by atoms with Crippen molar-refractivity contribution in [1.82, 2.24) is 6.15 Å². The van der Waals surface area contributed by atoms with Crippen LogP contribution in [0.1, 0.15) is 0 Å². The standard InChI is InChI=1S/C10H8.B.BrH.H3N/c1-2-6-10-8-4-3-7-9(10)5-1;;;/h1-8H;;1H;1H3. The van der Waals surface area contributed by atoms with Gasteiger partial charge in [0.1, 0.15) is 0 Å². The molecular formula is C10H12BBrN. The Kier molecular flexibility index (Phi) is 7.57. The van der Waals surface area contributed by atoms with Crippen molar-refractivity contribution in [2.75, 3.05) is 0 Å². The van der Waals surface area contributed by atoms with Gasteiger partial charge in [0.2, 0.25) is 0 Å². The lowest BCUT2D eigenvalue weighted by Gasteiger charge is -1.92. The zero-order chi connectivity index (χ0) is 6.81. The molecule has 3 radical (unpaired) electrons. The predicted octanol–water partition coefficient (Wildman–Crippen LogP) is 3.20. The molecule has 0 aromatic heterocycles. The van der Waals surface area contributed by atoms with Crippen LogP contribution >= 0.6 is 17.0 Å². The Morgan fingerprint density at radius 3 is 1.08 bits per heavy atom. The highest BCUT2D eigenvalue weighted by Gasteiger charge is 1.85. The average molecular weight is 237 g/mol. The fraction of sp³-hybridized carbons (Fsp3) is 0. The molecule has 0 bridgehead atoms. The molecule has 0 atom stereocenters. The molecular weight excluding hydrogens is 225 g/mol. The summed E-state index contributed by atoms with van der Waals surface area (Å²) in [6.07, 6.45) is 0. The van der Waals surface area contributed by atoms with Crippen molar-refractivity contribution in [2.45, 2.75) is 0 Å². The zero-order valence-electron chi connectivity index (χ0n) is 7.31. The molecule has 0 saturated carbocycles. The third-order valence-electron chi connectivity index (χ3n) is 1.66. The van der Waals surface area contributed by atoms with Crippen molar-refractivity contribution < 1.29 is 0 Å². The molecule has 3 heteroatoms. The van der Waals surface area contributed by atoms with Crippen LogP contribution in [0.4, 0.5) is 0 Å². The van der Waals surface area contributed by atoms with Gasteiger partial charge >= 0.3 is 0 Å². The second-order valence-electron chi connectivity index (χ2n) is 2.35. The van der Waals surface area contributed by atoms with Crippen LogP contribution < -0.4 is 6.15 Å². The lowest BCUT2D eigenvalue weighted by molar-refractivity contribution is 1.75. The van der Waals surface area contributed by atoms with E-state index in [0.717, 1.165) is 0 Å². The minimum Gasteiger partial charge on any atom is -0.344 e. The first-order valence-corrected chi connectivity index (χ1v) is 3.40. The molecule has 0 saturated heterocycles. The zero-order valence-corrected chi connectivity index (χ0v) is 9.02. The summed E-state index contributed by atoms with van der Waals surface area (Å²) in [5, 5.41) is 2.62. The second kappa shape index (κ2) is 6.69. The van der Waals surface area contributed by atoms with Gasteiger partial charge in [-0.3, -0.25) is 0 Å². The summed E-state index contributed by atoms with van der Waals surface area (Å²) >= 11 is 0. The van der Waals surface area contributed by atoms with Crippen molar-refractivity contribution in [3.63, 3.8) is 0 Å². The van der Waals surface area contributed by atoms with Gasteiger partial charge in [0.25, 0.3) is 0 Å². The van der Waals surface area contributed by atoms with E-state index in [0.29, 0.717) is 0 Å². The summed E-state index contributed by atoms with van der Waals surface area (Å²) in [4.78, 5) is 0. The van der Waals surface area contributed by atoms with Crippen LogP contribution in [-0.2, 0) is 0 Å². The topological polar surface area (TPSA) is 35.0 Å². The Bertz CT molecular complexity index is 286. The van der Waals surface area contributed by atoms with E-state index < -0.39 is 0 Å². The number of hydrogen-bond donors (Lipinski definition) is 1. The molecule has 2 rings (SSSR count). The van der Waals surface area contributed by atoms with Gasteiger partial charge in [-0.2, -0.15) is 0 Å². The molecule has 0 heterocycles. The smallest absolute Gasteiger partial charge is 0 e. The van der Waals surface area contributed by atoms with Crippen LogP contribution in [0.3, 0.4) is 0 Å². The minimum atomic E-state index is 0. The van der Waals surface area contributed by atoms with Gasteiger partial charge in [-0.1, -0.05) is 48.5 Å². The Morgan fingerprint density at radius 2 is 0.846 bits per heavy atom. The number of halogens is 1. The van der Waals surface area contributed by atoms with Crippen LogP contribution in [0.15, 0.2) is 48.5 Å². The SMILES string of the molecule is Br.N.[B].c1ccc2ccccc2c1. The maximum Gasteiger partial charge on any atom is 0 e. The van der Waals surface area contributed by atoms with E-state index in [1.54, 1.807) is 0 Å². The van der Waals surface area contributed by atoms with Crippen molar-refractivity contribution in [3.05, 3.63) is 48.5 Å². The molecule has 0 spiro atoms. The van der Waals surface area contributed by atoms with Gasteiger partial charge in [0.15, 0.2) is 0 Å². The minimum absolute atomic E-state index is 0. The molecule has 2 aromatic rings. The fourth-order valence-electron chi connectivity index (χ4n) is 1.13. The van der Waals surface area contributed by atoms with Crippen LogP contribution in [0, 0.1) is 0 Å². The summed E-state index contributed by atoms with van der Waals surface area (Å²) in [5.74, 6) is 0. The van der Waals surface area contributed by atoms with E-state index >= 15 is 0 Å². The number of benzene rings is 2. The summed E-state index contributed by atoms with van der Waals surface area (Å²) in [7, 11) is 0. The maximum absolute atomic E-state index is 2.12. The van der Waals surface area contributed by atoms with Gasteiger partial charge in [-0.05, 0) is 10.8 Å². The van der Waals surface area contributed by atoms with Crippen molar-refractivity contribution in [1.29, 1.82) is 0 Å². The molecule has 13 heavy (non-hydrogen) atoms. The Morgan fingerprint density at radius 1 is 0.615 bits per heavy atom. The summed E-state index contributed by atoms with van der Waals surface area (Å²) < 4.78 is 0. The highest BCUT2D eigenvalue weighted by Crippen LogP contribution is 2.11. The molecule has 67 valence electrons. The van der Waals surface area contributed by atoms with Gasteiger partial charge in [0.05, 0.1) is 0 Å². The van der Waals surface area contributed by atoms with E-state index in [-0.39, 0.29) is 31.5 Å². The van der Waals surface area contributed by atoms with Crippen LogP contribution in [0.5, 0.6) is 0 Å². The average Bonchev–Trinajstić information content (AvgIpc) is 2.05. The fourth-order valence-corrected chi connectivity index (χ4v) is 1.13. The lowest BCUT2D eigenvalue weighted by Crippen LogP contribution is -1.67. The van der Waals surface area contributed by atoms with E-state index in [1.807, 2.05) is 0 Å². The van der Waals surface area contributed by atoms with Gasteiger partial charge in [0, 0.05) is 8.41 Å². The predicted molar refractivity (Wildman–Crippen MR) is 65.0 cm³/mol. The van der Waals surface area contributed by atoms with E-state index in [1.165, 1.54) is 10.8 Å². The number of hydrogen-bond acceptors (Lipinski definition) is 1. The van der Waals surface area contributed by atoms with Crippen molar-refractivity contribution in [2.24, 2.45) is 0 Å². The number of rotatable bonds is 0. The lowest BCUT2D eigenvalue weighted by atomic mass is 10.1. The molecule has 0 amide bonds. The normalized spacial score (nSPS) is 7.69. The quantitative estimate of drug-likeness (QED) is 0.701. The van der Waals surface area contributed by atoms with Crippen LogP contribution in [0.25, 0.3) is 10.8 Å². The van der Waals surface area contributed by atoms with E-state index in [2.05, 4.69) is 48.5 Å². The largest absolute Gasteiger partial charge is 0.344 e. The first-order valence-electron chi connectivity index (χ1n) is 3.40. The third-order valence-corrected chi connectivity index (χ3v) is 1.66. The monoisotopic (exact) mass is 236 g/mol. The molecule has 0 unspecified atom stereocenters. The van der Waals surface area contributed by atoms with Crippen LogP contribution in [0.2, 0.25) is 0 Å². The Labute approximate surface area is 91.1 Å². The van der Waals surface area contributed by atoms with Crippen LogP contribution in [-0.4, -0.2) is 8.41 Å². The van der Waals surface area contributed by atoms with Crippen molar-refractivity contribution in [3.8, 4) is 0 Å². The second-order valence-corrected chi connectivity index (χ2v) is 2.35. The molecule has 3 N–H and O–H groups in total.